The van der Waals surface area contributed by atoms with Crippen molar-refractivity contribution in [2.45, 2.75) is 13.0 Å². The number of carbonyl (C=O) groups excluding carboxylic acids is 2. The Morgan fingerprint density at radius 1 is 0.786 bits per heavy atom. The van der Waals surface area contributed by atoms with E-state index in [2.05, 4.69) is 0 Å². The summed E-state index contributed by atoms with van der Waals surface area (Å²) in [4.78, 5) is 24.2. The number of hydrogen-bond donors (Lipinski definition) is 0. The molecule has 0 aromatic heterocycles. The Bertz CT molecular complexity index is 919. The summed E-state index contributed by atoms with van der Waals surface area (Å²) in [5, 5.41) is 0. The first kappa shape index (κ1) is 19.5. The van der Waals surface area contributed by atoms with E-state index >= 15 is 0 Å². The van der Waals surface area contributed by atoms with Gasteiger partial charge in [-0.2, -0.15) is 0 Å². The summed E-state index contributed by atoms with van der Waals surface area (Å²) >= 11 is 0. The molecule has 142 valence electrons. The molecule has 0 bridgehead atoms. The summed E-state index contributed by atoms with van der Waals surface area (Å²) in [7, 11) is 0. The minimum absolute atomic E-state index is 0.128. The second-order valence-electron chi connectivity index (χ2n) is 6.12. The highest BCUT2D eigenvalue weighted by Gasteiger charge is 2.10. The fourth-order valence-electron chi connectivity index (χ4n) is 2.54. The Kier molecular flexibility index (Phi) is 6.65. The van der Waals surface area contributed by atoms with Crippen LogP contribution in [0.15, 0.2) is 78.9 Å². The zero-order valence-electron chi connectivity index (χ0n) is 15.1. The molecule has 0 atom stereocenters. The molecule has 3 rings (SSSR count). The lowest BCUT2D eigenvalue weighted by Gasteiger charge is -2.07. The summed E-state index contributed by atoms with van der Waals surface area (Å²) in [5.74, 6) is -0.687. The minimum Gasteiger partial charge on any atom is -0.426 e. The predicted molar refractivity (Wildman–Crippen MR) is 103 cm³/mol. The summed E-state index contributed by atoms with van der Waals surface area (Å²) in [6.07, 6.45) is 0.128. The summed E-state index contributed by atoms with van der Waals surface area (Å²) in [6.45, 7) is 0.698. The maximum atomic E-state index is 13.0. The number of esters is 1. The maximum Gasteiger partial charge on any atom is 0.313 e. The normalized spacial score (nSPS) is 10.5. The third kappa shape index (κ3) is 5.59. The smallest absolute Gasteiger partial charge is 0.313 e. The Hall–Kier alpha value is -3.31. The Labute approximate surface area is 162 Å². The zero-order chi connectivity index (χ0) is 19.8. The van der Waals surface area contributed by atoms with Gasteiger partial charge in [-0.3, -0.25) is 9.59 Å². The molecule has 0 unspecified atom stereocenters. The molecule has 0 aliphatic rings. The van der Waals surface area contributed by atoms with E-state index in [1.165, 1.54) is 24.3 Å². The molecule has 0 radical (unpaired) electrons. The second kappa shape index (κ2) is 9.58. The SMILES string of the molecule is O=C(CCOCc1ccccc1)Oc1ccc(C(=O)c2ccc(F)cc2)cc1. The summed E-state index contributed by atoms with van der Waals surface area (Å²) < 4.78 is 23.7. The van der Waals surface area contributed by atoms with Crippen LogP contribution >= 0.6 is 0 Å². The molecule has 0 saturated heterocycles. The van der Waals surface area contributed by atoms with E-state index in [0.717, 1.165) is 5.56 Å². The van der Waals surface area contributed by atoms with Crippen LogP contribution in [-0.4, -0.2) is 18.4 Å². The van der Waals surface area contributed by atoms with Gasteiger partial charge in [0.25, 0.3) is 0 Å². The summed E-state index contributed by atoms with van der Waals surface area (Å²) in [6, 6.07) is 21.3. The van der Waals surface area contributed by atoms with Gasteiger partial charge in [-0.05, 0) is 54.1 Å². The molecule has 0 N–H and O–H groups in total. The van der Waals surface area contributed by atoms with Gasteiger partial charge >= 0.3 is 5.97 Å². The molecule has 3 aromatic carbocycles. The number of hydrogen-bond acceptors (Lipinski definition) is 4. The molecule has 0 aliphatic carbocycles. The average Bonchev–Trinajstić information content (AvgIpc) is 2.73. The van der Waals surface area contributed by atoms with Crippen LogP contribution in [0.5, 0.6) is 5.75 Å². The van der Waals surface area contributed by atoms with E-state index in [1.807, 2.05) is 30.3 Å². The van der Waals surface area contributed by atoms with Gasteiger partial charge in [-0.1, -0.05) is 30.3 Å². The Morgan fingerprint density at radius 3 is 2.04 bits per heavy atom. The fourth-order valence-corrected chi connectivity index (χ4v) is 2.54. The van der Waals surface area contributed by atoms with Gasteiger partial charge in [0.05, 0.1) is 19.6 Å². The van der Waals surface area contributed by atoms with Crippen LogP contribution in [-0.2, 0) is 16.1 Å². The molecule has 5 heteroatoms. The van der Waals surface area contributed by atoms with Gasteiger partial charge < -0.3 is 9.47 Å². The van der Waals surface area contributed by atoms with E-state index in [-0.39, 0.29) is 18.8 Å². The van der Waals surface area contributed by atoms with Gasteiger partial charge in [0.2, 0.25) is 0 Å². The highest BCUT2D eigenvalue weighted by Crippen LogP contribution is 2.16. The minimum atomic E-state index is -0.411. The molecule has 0 spiro atoms. The number of benzene rings is 3. The van der Waals surface area contributed by atoms with Crippen molar-refractivity contribution in [3.05, 3.63) is 101 Å². The van der Waals surface area contributed by atoms with Crippen molar-refractivity contribution in [1.82, 2.24) is 0 Å². The summed E-state index contributed by atoms with van der Waals surface area (Å²) in [5.41, 5.74) is 1.86. The van der Waals surface area contributed by atoms with Crippen LogP contribution in [0, 0.1) is 5.82 Å². The average molecular weight is 378 g/mol. The Balaban J connectivity index is 1.46. The molecule has 3 aromatic rings. The van der Waals surface area contributed by atoms with Gasteiger partial charge in [-0.25, -0.2) is 4.39 Å². The molecule has 0 amide bonds. The lowest BCUT2D eigenvalue weighted by atomic mass is 10.0. The van der Waals surface area contributed by atoms with Crippen molar-refractivity contribution in [1.29, 1.82) is 0 Å². The van der Waals surface area contributed by atoms with E-state index in [9.17, 15) is 14.0 Å². The number of carbonyl (C=O) groups is 2. The molecular formula is C23H19FO4. The molecule has 0 aliphatic heterocycles. The first-order valence-electron chi connectivity index (χ1n) is 8.84. The zero-order valence-corrected chi connectivity index (χ0v) is 15.1. The molecule has 0 heterocycles. The van der Waals surface area contributed by atoms with E-state index < -0.39 is 11.8 Å². The van der Waals surface area contributed by atoms with E-state index in [0.29, 0.717) is 23.5 Å². The van der Waals surface area contributed by atoms with E-state index in [4.69, 9.17) is 9.47 Å². The van der Waals surface area contributed by atoms with Gasteiger partial charge in [0.15, 0.2) is 5.78 Å². The quantitative estimate of drug-likeness (QED) is 0.249. The first-order chi connectivity index (χ1) is 13.6. The topological polar surface area (TPSA) is 52.6 Å². The molecule has 0 fully saturated rings. The van der Waals surface area contributed by atoms with Crippen LogP contribution in [0.2, 0.25) is 0 Å². The highest BCUT2D eigenvalue weighted by atomic mass is 19.1. The monoisotopic (exact) mass is 378 g/mol. The fraction of sp³-hybridized carbons (Fsp3) is 0.130. The van der Waals surface area contributed by atoms with Gasteiger partial charge in [-0.15, -0.1) is 0 Å². The van der Waals surface area contributed by atoms with Crippen LogP contribution < -0.4 is 4.74 Å². The third-order valence-corrected chi connectivity index (χ3v) is 4.02. The molecule has 0 saturated carbocycles. The standard InChI is InChI=1S/C23H19FO4/c24-20-10-6-18(7-11-20)23(26)19-8-12-21(13-9-19)28-22(25)14-15-27-16-17-4-2-1-3-5-17/h1-13H,14-16H2. The van der Waals surface area contributed by atoms with Crippen LogP contribution in [0.3, 0.4) is 0 Å². The van der Waals surface area contributed by atoms with Crippen molar-refractivity contribution < 1.29 is 23.5 Å². The van der Waals surface area contributed by atoms with Crippen molar-refractivity contribution in [3.63, 3.8) is 0 Å². The molecular weight excluding hydrogens is 359 g/mol. The van der Waals surface area contributed by atoms with Gasteiger partial charge in [0, 0.05) is 11.1 Å². The maximum absolute atomic E-state index is 13.0. The van der Waals surface area contributed by atoms with E-state index in [1.54, 1.807) is 24.3 Å². The first-order valence-corrected chi connectivity index (χ1v) is 8.84. The second-order valence-corrected chi connectivity index (χ2v) is 6.12. The number of rotatable bonds is 8. The highest BCUT2D eigenvalue weighted by molar-refractivity contribution is 6.09. The lowest BCUT2D eigenvalue weighted by Crippen LogP contribution is -2.11. The third-order valence-electron chi connectivity index (χ3n) is 4.02. The number of ether oxygens (including phenoxy) is 2. The Morgan fingerprint density at radius 2 is 1.39 bits per heavy atom. The molecule has 28 heavy (non-hydrogen) atoms. The molecule has 4 nitrogen and oxygen atoms in total. The van der Waals surface area contributed by atoms with Crippen LogP contribution in [0.25, 0.3) is 0 Å². The lowest BCUT2D eigenvalue weighted by molar-refractivity contribution is -0.135. The van der Waals surface area contributed by atoms with Crippen molar-refractivity contribution >= 4 is 11.8 Å². The van der Waals surface area contributed by atoms with Gasteiger partial charge in [0.1, 0.15) is 11.6 Å². The number of ketones is 1. The van der Waals surface area contributed by atoms with Crippen molar-refractivity contribution in [2.24, 2.45) is 0 Å². The predicted octanol–water partition coefficient (Wildman–Crippen LogP) is 4.57. The van der Waals surface area contributed by atoms with Crippen LogP contribution in [0.4, 0.5) is 4.39 Å². The van der Waals surface area contributed by atoms with Crippen molar-refractivity contribution in [2.75, 3.05) is 6.61 Å². The van der Waals surface area contributed by atoms with Crippen molar-refractivity contribution in [3.8, 4) is 5.75 Å². The van der Waals surface area contributed by atoms with Crippen LogP contribution in [0.1, 0.15) is 27.9 Å². The largest absolute Gasteiger partial charge is 0.426 e. The number of halogens is 1.